The Morgan fingerprint density at radius 3 is 2.29 bits per heavy atom. The average Bonchev–Trinajstić information content (AvgIpc) is 2.27. The highest BCUT2D eigenvalue weighted by atomic mass is 15.2. The maximum absolute atomic E-state index is 5.69. The average molecular weight is 234 g/mol. The van der Waals surface area contributed by atoms with Crippen molar-refractivity contribution in [1.82, 2.24) is 0 Å². The highest BCUT2D eigenvalue weighted by Crippen LogP contribution is 2.23. The van der Waals surface area contributed by atoms with Crippen LogP contribution in [0.3, 0.4) is 0 Å². The third-order valence-corrected chi connectivity index (χ3v) is 2.90. The van der Waals surface area contributed by atoms with Gasteiger partial charge in [-0.3, -0.25) is 0 Å². The molecule has 0 fully saturated rings. The number of nitrogens with two attached hydrogens (primary N) is 1. The summed E-state index contributed by atoms with van der Waals surface area (Å²) >= 11 is 0. The van der Waals surface area contributed by atoms with Crippen molar-refractivity contribution in [2.24, 2.45) is 11.7 Å². The normalized spacial score (nSPS) is 11.2. The Balaban J connectivity index is 3.00. The quantitative estimate of drug-likeness (QED) is 0.819. The highest BCUT2D eigenvalue weighted by molar-refractivity contribution is 5.54. The molecule has 0 atom stereocenters. The van der Waals surface area contributed by atoms with E-state index in [0.29, 0.717) is 18.5 Å². The molecule has 96 valence electrons. The van der Waals surface area contributed by atoms with Gasteiger partial charge >= 0.3 is 0 Å². The summed E-state index contributed by atoms with van der Waals surface area (Å²) in [5.41, 5.74) is 8.40. The van der Waals surface area contributed by atoms with Crippen LogP contribution in [0.5, 0.6) is 0 Å². The van der Waals surface area contributed by atoms with E-state index in [-0.39, 0.29) is 0 Å². The van der Waals surface area contributed by atoms with Crippen molar-refractivity contribution in [3.63, 3.8) is 0 Å². The molecule has 2 heteroatoms. The van der Waals surface area contributed by atoms with Gasteiger partial charge in [0.15, 0.2) is 0 Å². The number of anilines is 1. The van der Waals surface area contributed by atoms with E-state index >= 15 is 0 Å². The molecule has 2 nitrogen and oxygen atoms in total. The predicted molar refractivity (Wildman–Crippen MR) is 76.5 cm³/mol. The second-order valence-corrected chi connectivity index (χ2v) is 5.31. The summed E-state index contributed by atoms with van der Waals surface area (Å²) in [6.07, 6.45) is 0.956. The third-order valence-electron chi connectivity index (χ3n) is 2.90. The minimum Gasteiger partial charge on any atom is -0.369 e. The van der Waals surface area contributed by atoms with Crippen LogP contribution in [-0.2, 0) is 6.42 Å². The molecule has 0 aliphatic heterocycles. The Morgan fingerprint density at radius 2 is 1.76 bits per heavy atom. The van der Waals surface area contributed by atoms with Crippen LogP contribution < -0.4 is 10.6 Å². The molecule has 0 saturated carbocycles. The molecular weight excluding hydrogens is 208 g/mol. The summed E-state index contributed by atoms with van der Waals surface area (Å²) in [5, 5.41) is 0. The summed E-state index contributed by atoms with van der Waals surface area (Å²) in [6.45, 7) is 10.8. The van der Waals surface area contributed by atoms with Crippen LogP contribution in [0.2, 0.25) is 0 Å². The highest BCUT2D eigenvalue weighted by Gasteiger charge is 2.14. The van der Waals surface area contributed by atoms with Crippen molar-refractivity contribution >= 4 is 5.69 Å². The lowest BCUT2D eigenvalue weighted by atomic mass is 10.1. The van der Waals surface area contributed by atoms with Crippen LogP contribution in [0, 0.1) is 5.92 Å². The van der Waals surface area contributed by atoms with E-state index < -0.39 is 0 Å². The van der Waals surface area contributed by atoms with E-state index in [0.717, 1.165) is 13.0 Å². The lowest BCUT2D eigenvalue weighted by molar-refractivity contribution is 0.569. The molecule has 0 unspecified atom stereocenters. The third kappa shape index (κ3) is 4.04. The van der Waals surface area contributed by atoms with Crippen molar-refractivity contribution in [2.75, 3.05) is 18.0 Å². The molecule has 1 aromatic rings. The molecule has 0 radical (unpaired) electrons. The second kappa shape index (κ2) is 6.65. The minimum atomic E-state index is 0.524. The Kier molecular flexibility index (Phi) is 5.49. The zero-order valence-electron chi connectivity index (χ0n) is 11.6. The molecule has 0 amide bonds. The summed E-state index contributed by atoms with van der Waals surface area (Å²) in [6, 6.07) is 9.15. The minimum absolute atomic E-state index is 0.524. The van der Waals surface area contributed by atoms with Gasteiger partial charge in [-0.2, -0.15) is 0 Å². The first-order valence-electron chi connectivity index (χ1n) is 6.60. The van der Waals surface area contributed by atoms with E-state index in [9.17, 15) is 0 Å². The molecule has 0 bridgehead atoms. The van der Waals surface area contributed by atoms with Crippen molar-refractivity contribution in [1.29, 1.82) is 0 Å². The monoisotopic (exact) mass is 234 g/mol. The van der Waals surface area contributed by atoms with Crippen LogP contribution in [0.15, 0.2) is 24.3 Å². The topological polar surface area (TPSA) is 29.3 Å². The fraction of sp³-hybridized carbons (Fsp3) is 0.600. The van der Waals surface area contributed by atoms with E-state index in [2.05, 4.69) is 56.9 Å². The number of rotatable bonds is 6. The molecule has 0 aliphatic rings. The van der Waals surface area contributed by atoms with Gasteiger partial charge in [0.1, 0.15) is 0 Å². The molecule has 0 aromatic heterocycles. The van der Waals surface area contributed by atoms with Gasteiger partial charge in [-0.15, -0.1) is 0 Å². The number of hydrogen-bond acceptors (Lipinski definition) is 2. The van der Waals surface area contributed by atoms with Crippen LogP contribution in [-0.4, -0.2) is 19.1 Å². The molecule has 1 aromatic carbocycles. The molecular formula is C15H26N2. The van der Waals surface area contributed by atoms with E-state index in [1.807, 2.05) is 0 Å². The van der Waals surface area contributed by atoms with Gasteiger partial charge in [-0.1, -0.05) is 32.0 Å². The largest absolute Gasteiger partial charge is 0.369 e. The first-order valence-corrected chi connectivity index (χ1v) is 6.60. The Bertz CT molecular complexity index is 331. The zero-order chi connectivity index (χ0) is 12.8. The lowest BCUT2D eigenvalue weighted by Crippen LogP contribution is -2.35. The first kappa shape index (κ1) is 14.0. The van der Waals surface area contributed by atoms with Gasteiger partial charge in [0, 0.05) is 18.3 Å². The van der Waals surface area contributed by atoms with Gasteiger partial charge in [0.05, 0.1) is 0 Å². The predicted octanol–water partition coefficient (Wildman–Crippen LogP) is 3.06. The smallest absolute Gasteiger partial charge is 0.0401 e. The van der Waals surface area contributed by atoms with Crippen LogP contribution in [0.25, 0.3) is 0 Å². The van der Waals surface area contributed by atoms with Crippen LogP contribution >= 0.6 is 0 Å². The Hall–Kier alpha value is -1.02. The molecule has 0 heterocycles. The van der Waals surface area contributed by atoms with Gasteiger partial charge in [0.2, 0.25) is 0 Å². The van der Waals surface area contributed by atoms with E-state index in [4.69, 9.17) is 5.73 Å². The number of para-hydroxylation sites is 1. The SMILES string of the molecule is CC(C)CN(c1ccccc1CCN)C(C)C. The standard InChI is InChI=1S/C15H26N2/c1-12(2)11-17(13(3)4)15-8-6-5-7-14(15)9-10-16/h5-8,12-13H,9-11,16H2,1-4H3. The van der Waals surface area contributed by atoms with Gasteiger partial charge in [-0.05, 0) is 44.4 Å². The van der Waals surface area contributed by atoms with Crippen molar-refractivity contribution in [3.8, 4) is 0 Å². The first-order chi connectivity index (χ1) is 8.06. The van der Waals surface area contributed by atoms with Gasteiger partial charge in [0.25, 0.3) is 0 Å². The van der Waals surface area contributed by atoms with Crippen molar-refractivity contribution in [3.05, 3.63) is 29.8 Å². The fourth-order valence-electron chi connectivity index (χ4n) is 2.14. The summed E-state index contributed by atoms with van der Waals surface area (Å²) in [5.74, 6) is 0.670. The van der Waals surface area contributed by atoms with Crippen molar-refractivity contribution < 1.29 is 0 Å². The number of hydrogen-bond donors (Lipinski definition) is 1. The lowest BCUT2D eigenvalue weighted by Gasteiger charge is -2.32. The fourth-order valence-corrected chi connectivity index (χ4v) is 2.14. The van der Waals surface area contributed by atoms with Crippen LogP contribution in [0.4, 0.5) is 5.69 Å². The second-order valence-electron chi connectivity index (χ2n) is 5.31. The number of nitrogens with zero attached hydrogens (tertiary/aromatic N) is 1. The zero-order valence-corrected chi connectivity index (χ0v) is 11.6. The Morgan fingerprint density at radius 1 is 1.12 bits per heavy atom. The maximum Gasteiger partial charge on any atom is 0.0401 e. The molecule has 0 spiro atoms. The molecule has 2 N–H and O–H groups in total. The molecule has 17 heavy (non-hydrogen) atoms. The molecule has 0 aliphatic carbocycles. The van der Waals surface area contributed by atoms with E-state index in [1.165, 1.54) is 11.3 Å². The molecule has 1 rings (SSSR count). The summed E-state index contributed by atoms with van der Waals surface area (Å²) in [4.78, 5) is 2.48. The van der Waals surface area contributed by atoms with Gasteiger partial charge in [-0.25, -0.2) is 0 Å². The van der Waals surface area contributed by atoms with Crippen LogP contribution in [0.1, 0.15) is 33.3 Å². The van der Waals surface area contributed by atoms with E-state index in [1.54, 1.807) is 0 Å². The van der Waals surface area contributed by atoms with Gasteiger partial charge < -0.3 is 10.6 Å². The summed E-state index contributed by atoms with van der Waals surface area (Å²) in [7, 11) is 0. The number of benzene rings is 1. The molecule has 0 saturated heterocycles. The van der Waals surface area contributed by atoms with Crippen molar-refractivity contribution in [2.45, 2.75) is 40.2 Å². The maximum atomic E-state index is 5.69. The Labute approximate surface area is 106 Å². The summed E-state index contributed by atoms with van der Waals surface area (Å²) < 4.78 is 0.